The molecule has 0 atom stereocenters. The second-order valence-electron chi connectivity index (χ2n) is 8.00. The summed E-state index contributed by atoms with van der Waals surface area (Å²) < 4.78 is 5.77. The number of aromatic nitrogens is 1. The van der Waals surface area contributed by atoms with Gasteiger partial charge in [0.05, 0.1) is 6.20 Å². The van der Waals surface area contributed by atoms with E-state index in [4.69, 9.17) is 4.42 Å². The van der Waals surface area contributed by atoms with Crippen LogP contribution in [0.15, 0.2) is 65.2 Å². The number of aryl methyl sites for hydroxylation is 2. The lowest BCUT2D eigenvalue weighted by Crippen LogP contribution is -2.48. The molecular formula is C25H30N4O2. The average molecular weight is 419 g/mol. The first-order valence-electron chi connectivity index (χ1n) is 11.0. The lowest BCUT2D eigenvalue weighted by molar-refractivity contribution is -0.121. The fraction of sp³-hybridized carbons (Fsp3) is 0.360. The molecule has 1 N–H and O–H groups in total. The molecule has 0 aliphatic carbocycles. The summed E-state index contributed by atoms with van der Waals surface area (Å²) in [6, 6.07) is 18.5. The lowest BCUT2D eigenvalue weighted by atomic mass is 10.2. The number of benzene rings is 2. The number of rotatable bonds is 8. The highest BCUT2D eigenvalue weighted by molar-refractivity contribution is 5.76. The Bertz CT molecular complexity index is 978. The van der Waals surface area contributed by atoms with Crippen molar-refractivity contribution in [2.75, 3.05) is 44.2 Å². The van der Waals surface area contributed by atoms with Crippen molar-refractivity contribution >= 4 is 11.6 Å². The minimum atomic E-state index is 0.0397. The fourth-order valence-electron chi connectivity index (χ4n) is 3.88. The number of hydrogen-bond acceptors (Lipinski definition) is 5. The van der Waals surface area contributed by atoms with Crippen molar-refractivity contribution in [1.29, 1.82) is 0 Å². The van der Waals surface area contributed by atoms with Gasteiger partial charge in [0.15, 0.2) is 11.7 Å². The van der Waals surface area contributed by atoms with Crippen molar-refractivity contribution in [3.8, 4) is 11.3 Å². The van der Waals surface area contributed by atoms with Crippen molar-refractivity contribution in [2.45, 2.75) is 19.8 Å². The number of nitrogens with zero attached hydrogens (tertiary/aromatic N) is 3. The smallest absolute Gasteiger partial charge is 0.220 e. The summed E-state index contributed by atoms with van der Waals surface area (Å²) in [5.41, 5.74) is 3.59. The number of amides is 1. The van der Waals surface area contributed by atoms with E-state index in [2.05, 4.69) is 51.3 Å². The minimum absolute atomic E-state index is 0.0397. The highest BCUT2D eigenvalue weighted by Gasteiger charge is 2.17. The molecule has 1 aliphatic rings. The van der Waals surface area contributed by atoms with E-state index in [1.807, 2.05) is 30.3 Å². The van der Waals surface area contributed by atoms with Gasteiger partial charge in [-0.1, -0.05) is 42.5 Å². The standard InChI is InChI=1S/C25H30N4O2/c1-20-6-5-9-22(18-20)29-16-14-28(15-17-29)13-12-26-24(30)10-11-25-27-19-23(31-25)21-7-3-2-4-8-21/h2-9,18-19H,10-17H2,1H3,(H,26,30). The second-order valence-corrected chi connectivity index (χ2v) is 8.00. The molecule has 2 aromatic carbocycles. The van der Waals surface area contributed by atoms with Crippen molar-refractivity contribution < 1.29 is 9.21 Å². The summed E-state index contributed by atoms with van der Waals surface area (Å²) in [4.78, 5) is 21.3. The molecule has 0 bridgehead atoms. The van der Waals surface area contributed by atoms with Gasteiger partial charge in [-0.05, 0) is 24.6 Å². The molecule has 0 radical (unpaired) electrons. The molecule has 0 saturated carbocycles. The maximum atomic E-state index is 12.2. The average Bonchev–Trinajstić information content (AvgIpc) is 3.28. The summed E-state index contributed by atoms with van der Waals surface area (Å²) in [6.07, 6.45) is 2.61. The van der Waals surface area contributed by atoms with Crippen LogP contribution in [-0.2, 0) is 11.2 Å². The first kappa shape index (κ1) is 21.1. The third-order valence-electron chi connectivity index (χ3n) is 5.67. The number of carbonyl (C=O) groups is 1. The molecule has 6 heteroatoms. The zero-order valence-corrected chi connectivity index (χ0v) is 18.1. The van der Waals surface area contributed by atoms with Gasteiger partial charge in [-0.2, -0.15) is 0 Å². The molecule has 1 fully saturated rings. The number of anilines is 1. The molecule has 1 saturated heterocycles. The van der Waals surface area contributed by atoms with Gasteiger partial charge in [-0.3, -0.25) is 9.69 Å². The van der Waals surface area contributed by atoms with Gasteiger partial charge in [0.1, 0.15) is 0 Å². The Morgan fingerprint density at radius 1 is 1.06 bits per heavy atom. The Morgan fingerprint density at radius 3 is 2.65 bits per heavy atom. The van der Waals surface area contributed by atoms with Crippen molar-refractivity contribution in [2.24, 2.45) is 0 Å². The number of carbonyl (C=O) groups excluding carboxylic acids is 1. The first-order valence-corrected chi connectivity index (χ1v) is 11.0. The minimum Gasteiger partial charge on any atom is -0.441 e. The van der Waals surface area contributed by atoms with Crippen LogP contribution in [0.25, 0.3) is 11.3 Å². The SMILES string of the molecule is Cc1cccc(N2CCN(CCNC(=O)CCc3ncc(-c4ccccc4)o3)CC2)c1. The quantitative estimate of drug-likeness (QED) is 0.607. The summed E-state index contributed by atoms with van der Waals surface area (Å²) in [5, 5.41) is 3.03. The number of hydrogen-bond donors (Lipinski definition) is 1. The third-order valence-corrected chi connectivity index (χ3v) is 5.67. The topological polar surface area (TPSA) is 61.6 Å². The van der Waals surface area contributed by atoms with Gasteiger partial charge >= 0.3 is 0 Å². The van der Waals surface area contributed by atoms with Gasteiger partial charge in [-0.15, -0.1) is 0 Å². The zero-order valence-electron chi connectivity index (χ0n) is 18.1. The van der Waals surface area contributed by atoms with Gasteiger partial charge in [0, 0.05) is 63.4 Å². The van der Waals surface area contributed by atoms with Crippen LogP contribution in [-0.4, -0.2) is 55.1 Å². The number of oxazole rings is 1. The van der Waals surface area contributed by atoms with Crippen LogP contribution in [0.3, 0.4) is 0 Å². The van der Waals surface area contributed by atoms with Crippen molar-refractivity contribution in [3.05, 3.63) is 72.2 Å². The lowest BCUT2D eigenvalue weighted by Gasteiger charge is -2.36. The molecule has 162 valence electrons. The van der Waals surface area contributed by atoms with Crippen LogP contribution in [0.4, 0.5) is 5.69 Å². The summed E-state index contributed by atoms with van der Waals surface area (Å²) in [6.45, 7) is 7.75. The van der Waals surface area contributed by atoms with Crippen LogP contribution in [0, 0.1) is 6.92 Å². The predicted octanol–water partition coefficient (Wildman–Crippen LogP) is 3.52. The molecule has 2 heterocycles. The highest BCUT2D eigenvalue weighted by Crippen LogP contribution is 2.20. The van der Waals surface area contributed by atoms with E-state index in [1.54, 1.807) is 6.20 Å². The van der Waals surface area contributed by atoms with E-state index in [9.17, 15) is 4.79 Å². The monoisotopic (exact) mass is 418 g/mol. The van der Waals surface area contributed by atoms with Crippen molar-refractivity contribution in [1.82, 2.24) is 15.2 Å². The number of nitrogens with one attached hydrogen (secondary N) is 1. The Labute approximate surface area is 183 Å². The summed E-state index contributed by atoms with van der Waals surface area (Å²) >= 11 is 0. The molecule has 6 nitrogen and oxygen atoms in total. The molecule has 1 amide bonds. The molecule has 3 aromatic rings. The largest absolute Gasteiger partial charge is 0.441 e. The van der Waals surface area contributed by atoms with Gasteiger partial charge in [0.2, 0.25) is 5.91 Å². The van der Waals surface area contributed by atoms with Crippen LogP contribution in [0.2, 0.25) is 0 Å². The Kier molecular flexibility index (Phi) is 6.99. The van der Waals surface area contributed by atoms with E-state index < -0.39 is 0 Å². The summed E-state index contributed by atoms with van der Waals surface area (Å²) in [7, 11) is 0. The van der Waals surface area contributed by atoms with Crippen LogP contribution in [0.5, 0.6) is 0 Å². The maximum absolute atomic E-state index is 12.2. The van der Waals surface area contributed by atoms with Gasteiger partial charge in [0.25, 0.3) is 0 Å². The van der Waals surface area contributed by atoms with E-state index in [0.29, 0.717) is 25.3 Å². The first-order chi connectivity index (χ1) is 15.2. The second kappa shape index (κ2) is 10.3. The third kappa shape index (κ3) is 5.95. The molecular weight excluding hydrogens is 388 g/mol. The van der Waals surface area contributed by atoms with E-state index >= 15 is 0 Å². The summed E-state index contributed by atoms with van der Waals surface area (Å²) in [5.74, 6) is 1.37. The Balaban J connectivity index is 1.13. The zero-order chi connectivity index (χ0) is 21.5. The molecule has 0 unspecified atom stereocenters. The molecule has 1 aromatic heterocycles. The Morgan fingerprint density at radius 2 is 1.87 bits per heavy atom. The van der Waals surface area contributed by atoms with Crippen LogP contribution in [0.1, 0.15) is 17.9 Å². The highest BCUT2D eigenvalue weighted by atomic mass is 16.4. The van der Waals surface area contributed by atoms with Gasteiger partial charge < -0.3 is 14.6 Å². The Hall–Kier alpha value is -3.12. The molecule has 4 rings (SSSR count). The van der Waals surface area contributed by atoms with Crippen LogP contribution >= 0.6 is 0 Å². The normalized spacial score (nSPS) is 14.5. The fourth-order valence-corrected chi connectivity index (χ4v) is 3.88. The van der Waals surface area contributed by atoms with Crippen molar-refractivity contribution in [3.63, 3.8) is 0 Å². The predicted molar refractivity (Wildman–Crippen MR) is 123 cm³/mol. The van der Waals surface area contributed by atoms with Gasteiger partial charge in [-0.25, -0.2) is 4.98 Å². The number of piperazine rings is 1. The molecule has 31 heavy (non-hydrogen) atoms. The maximum Gasteiger partial charge on any atom is 0.220 e. The molecule has 0 spiro atoms. The van der Waals surface area contributed by atoms with E-state index in [1.165, 1.54) is 11.3 Å². The van der Waals surface area contributed by atoms with Crippen LogP contribution < -0.4 is 10.2 Å². The van der Waals surface area contributed by atoms with E-state index in [-0.39, 0.29) is 5.91 Å². The van der Waals surface area contributed by atoms with E-state index in [0.717, 1.165) is 44.0 Å². The molecule has 1 aliphatic heterocycles.